The predicted octanol–water partition coefficient (Wildman–Crippen LogP) is 3.52. The van der Waals surface area contributed by atoms with Crippen molar-refractivity contribution in [3.8, 4) is 0 Å². The number of halogens is 2. The highest BCUT2D eigenvalue weighted by atomic mass is 79.9. The summed E-state index contributed by atoms with van der Waals surface area (Å²) in [6.07, 6.45) is -0.283. The van der Waals surface area contributed by atoms with Gasteiger partial charge in [-0.3, -0.25) is 0 Å². The van der Waals surface area contributed by atoms with E-state index >= 15 is 0 Å². The second kappa shape index (κ2) is 6.45. The lowest BCUT2D eigenvalue weighted by Crippen LogP contribution is -2.33. The Morgan fingerprint density at radius 2 is 1.94 bits per heavy atom. The van der Waals surface area contributed by atoms with Gasteiger partial charge in [0, 0.05) is 24.4 Å². The standard InChI is InChI=1S/C11H15BrClNO2/c1-7(11(15-2)16-3)14-8-4-5-10(13)9(12)6-8/h4-7,11,14H,1-3H3. The van der Waals surface area contributed by atoms with Gasteiger partial charge < -0.3 is 14.8 Å². The zero-order chi connectivity index (χ0) is 12.1. The maximum absolute atomic E-state index is 5.91. The van der Waals surface area contributed by atoms with Gasteiger partial charge in [0.25, 0.3) is 0 Å². The Labute approximate surface area is 109 Å². The Morgan fingerprint density at radius 1 is 1.31 bits per heavy atom. The molecule has 1 unspecified atom stereocenters. The van der Waals surface area contributed by atoms with Crippen LogP contribution in [0, 0.1) is 0 Å². The molecule has 0 spiro atoms. The van der Waals surface area contributed by atoms with Gasteiger partial charge in [-0.15, -0.1) is 0 Å². The van der Waals surface area contributed by atoms with E-state index in [1.807, 2.05) is 25.1 Å². The van der Waals surface area contributed by atoms with Gasteiger partial charge in [-0.25, -0.2) is 0 Å². The van der Waals surface area contributed by atoms with Crippen molar-refractivity contribution >= 4 is 33.2 Å². The normalized spacial score (nSPS) is 12.9. The van der Waals surface area contributed by atoms with Crippen molar-refractivity contribution < 1.29 is 9.47 Å². The van der Waals surface area contributed by atoms with Gasteiger partial charge in [-0.05, 0) is 41.1 Å². The predicted molar refractivity (Wildman–Crippen MR) is 70.0 cm³/mol. The number of rotatable bonds is 5. The van der Waals surface area contributed by atoms with E-state index in [9.17, 15) is 0 Å². The van der Waals surface area contributed by atoms with Crippen molar-refractivity contribution in [1.29, 1.82) is 0 Å². The van der Waals surface area contributed by atoms with E-state index in [0.29, 0.717) is 5.02 Å². The quantitative estimate of drug-likeness (QED) is 0.844. The summed E-state index contributed by atoms with van der Waals surface area (Å²) in [5.74, 6) is 0. The minimum atomic E-state index is -0.283. The number of hydrogen-bond donors (Lipinski definition) is 1. The molecular formula is C11H15BrClNO2. The molecule has 0 amide bonds. The lowest BCUT2D eigenvalue weighted by Gasteiger charge is -2.23. The van der Waals surface area contributed by atoms with Crippen molar-refractivity contribution in [1.82, 2.24) is 0 Å². The van der Waals surface area contributed by atoms with Gasteiger partial charge in [0.05, 0.1) is 11.1 Å². The number of nitrogens with one attached hydrogen (secondary N) is 1. The molecule has 1 N–H and O–H groups in total. The first-order chi connectivity index (χ1) is 7.58. The first-order valence-corrected chi connectivity index (χ1v) is 6.02. The number of benzene rings is 1. The van der Waals surface area contributed by atoms with Crippen molar-refractivity contribution in [2.24, 2.45) is 0 Å². The zero-order valence-corrected chi connectivity index (χ0v) is 11.8. The Bertz CT molecular complexity index is 345. The zero-order valence-electron chi connectivity index (χ0n) is 9.46. The molecule has 16 heavy (non-hydrogen) atoms. The third-order valence-corrected chi connectivity index (χ3v) is 3.40. The summed E-state index contributed by atoms with van der Waals surface area (Å²) in [6.45, 7) is 1.99. The molecule has 0 bridgehead atoms. The molecule has 1 atom stereocenters. The number of hydrogen-bond acceptors (Lipinski definition) is 3. The first-order valence-electron chi connectivity index (χ1n) is 4.85. The van der Waals surface area contributed by atoms with Gasteiger partial charge in [0.1, 0.15) is 0 Å². The van der Waals surface area contributed by atoms with Crippen molar-refractivity contribution in [3.63, 3.8) is 0 Å². The second-order valence-corrected chi connectivity index (χ2v) is 4.66. The SMILES string of the molecule is COC(OC)C(C)Nc1ccc(Cl)c(Br)c1. The Balaban J connectivity index is 2.69. The van der Waals surface area contributed by atoms with Crippen molar-refractivity contribution in [2.75, 3.05) is 19.5 Å². The highest BCUT2D eigenvalue weighted by Crippen LogP contribution is 2.26. The molecule has 3 nitrogen and oxygen atoms in total. The monoisotopic (exact) mass is 307 g/mol. The van der Waals surface area contributed by atoms with E-state index in [0.717, 1.165) is 10.2 Å². The van der Waals surface area contributed by atoms with Crippen LogP contribution >= 0.6 is 27.5 Å². The smallest absolute Gasteiger partial charge is 0.176 e. The summed E-state index contributed by atoms with van der Waals surface area (Å²) in [7, 11) is 3.23. The molecule has 0 fully saturated rings. The van der Waals surface area contributed by atoms with E-state index in [4.69, 9.17) is 21.1 Å². The Morgan fingerprint density at radius 3 is 2.44 bits per heavy atom. The lowest BCUT2D eigenvalue weighted by atomic mass is 10.2. The van der Waals surface area contributed by atoms with Crippen LogP contribution in [0.1, 0.15) is 6.92 Å². The molecule has 5 heteroatoms. The van der Waals surface area contributed by atoms with Gasteiger partial charge in [-0.1, -0.05) is 11.6 Å². The van der Waals surface area contributed by atoms with Crippen LogP contribution < -0.4 is 5.32 Å². The number of ether oxygens (including phenoxy) is 2. The molecule has 1 rings (SSSR count). The average Bonchev–Trinajstić information content (AvgIpc) is 2.25. The van der Waals surface area contributed by atoms with Crippen molar-refractivity contribution in [3.05, 3.63) is 27.7 Å². The lowest BCUT2D eigenvalue weighted by molar-refractivity contribution is -0.109. The molecule has 0 aromatic heterocycles. The summed E-state index contributed by atoms with van der Waals surface area (Å²) in [5, 5.41) is 3.96. The molecule has 0 radical (unpaired) electrons. The van der Waals surface area contributed by atoms with Gasteiger partial charge in [-0.2, -0.15) is 0 Å². The van der Waals surface area contributed by atoms with Gasteiger partial charge in [0.15, 0.2) is 6.29 Å². The fourth-order valence-electron chi connectivity index (χ4n) is 1.42. The molecule has 0 saturated heterocycles. The molecule has 0 aliphatic carbocycles. The third-order valence-electron chi connectivity index (χ3n) is 2.19. The topological polar surface area (TPSA) is 30.5 Å². The Hall–Kier alpha value is -0.290. The van der Waals surface area contributed by atoms with E-state index in [1.54, 1.807) is 14.2 Å². The molecule has 0 heterocycles. The number of anilines is 1. The van der Waals surface area contributed by atoms with Crippen LogP contribution in [0.25, 0.3) is 0 Å². The fourth-order valence-corrected chi connectivity index (χ4v) is 1.92. The average molecular weight is 309 g/mol. The molecule has 0 aliphatic heterocycles. The summed E-state index contributed by atoms with van der Waals surface area (Å²) in [4.78, 5) is 0. The highest BCUT2D eigenvalue weighted by molar-refractivity contribution is 9.10. The van der Waals surface area contributed by atoms with Crippen LogP contribution in [0.4, 0.5) is 5.69 Å². The second-order valence-electron chi connectivity index (χ2n) is 3.40. The largest absolute Gasteiger partial charge is 0.377 e. The van der Waals surface area contributed by atoms with Crippen LogP contribution in [0.5, 0.6) is 0 Å². The summed E-state index contributed by atoms with van der Waals surface area (Å²) < 4.78 is 11.2. The molecule has 0 saturated carbocycles. The Kier molecular flexibility index (Phi) is 5.55. The van der Waals surface area contributed by atoms with Gasteiger partial charge >= 0.3 is 0 Å². The van der Waals surface area contributed by atoms with Crippen LogP contribution in [0.15, 0.2) is 22.7 Å². The van der Waals surface area contributed by atoms with E-state index in [1.165, 1.54) is 0 Å². The highest BCUT2D eigenvalue weighted by Gasteiger charge is 2.15. The number of methoxy groups -OCH3 is 2. The van der Waals surface area contributed by atoms with E-state index < -0.39 is 0 Å². The molecule has 1 aromatic rings. The summed E-state index contributed by atoms with van der Waals surface area (Å²) in [5.41, 5.74) is 0.961. The fraction of sp³-hybridized carbons (Fsp3) is 0.455. The maximum Gasteiger partial charge on any atom is 0.176 e. The minimum Gasteiger partial charge on any atom is -0.377 e. The third kappa shape index (κ3) is 3.63. The van der Waals surface area contributed by atoms with E-state index in [-0.39, 0.29) is 12.3 Å². The van der Waals surface area contributed by atoms with Crippen LogP contribution in [-0.2, 0) is 9.47 Å². The van der Waals surface area contributed by atoms with Crippen LogP contribution in [0.3, 0.4) is 0 Å². The van der Waals surface area contributed by atoms with Gasteiger partial charge in [0.2, 0.25) is 0 Å². The minimum absolute atomic E-state index is 0.0445. The molecule has 0 aliphatic rings. The molecular weight excluding hydrogens is 293 g/mol. The van der Waals surface area contributed by atoms with Crippen LogP contribution in [-0.4, -0.2) is 26.6 Å². The van der Waals surface area contributed by atoms with Crippen molar-refractivity contribution in [2.45, 2.75) is 19.3 Å². The van der Waals surface area contributed by atoms with Crippen LogP contribution in [0.2, 0.25) is 5.02 Å². The maximum atomic E-state index is 5.91. The summed E-state index contributed by atoms with van der Waals surface area (Å²) in [6, 6.07) is 5.70. The molecule has 90 valence electrons. The van der Waals surface area contributed by atoms with E-state index in [2.05, 4.69) is 21.2 Å². The first kappa shape index (κ1) is 13.8. The summed E-state index contributed by atoms with van der Waals surface area (Å²) >= 11 is 9.28. The molecule has 1 aromatic carbocycles.